The topological polar surface area (TPSA) is 67.1 Å². The minimum absolute atomic E-state index is 0.292. The van der Waals surface area contributed by atoms with Gasteiger partial charge in [-0.2, -0.15) is 4.98 Å². The number of hydrogen-bond acceptors (Lipinski definition) is 6. The quantitative estimate of drug-likeness (QED) is 0.781. The Labute approximate surface area is 129 Å². The lowest BCUT2D eigenvalue weighted by Gasteiger charge is -2.27. The highest BCUT2D eigenvalue weighted by Crippen LogP contribution is 2.20. The molecule has 0 fully saturated rings. The molecule has 6 nitrogen and oxygen atoms in total. The lowest BCUT2D eigenvalue weighted by atomic mass is 10.2. The molecule has 2 heterocycles. The first-order valence-corrected chi connectivity index (χ1v) is 7.25. The molecule has 0 aliphatic carbocycles. The van der Waals surface area contributed by atoms with Crippen molar-refractivity contribution < 1.29 is 4.42 Å². The molecule has 3 rings (SSSR count). The zero-order valence-corrected chi connectivity index (χ0v) is 12.9. The van der Waals surface area contributed by atoms with Gasteiger partial charge in [0.05, 0.1) is 0 Å². The summed E-state index contributed by atoms with van der Waals surface area (Å²) in [5, 5.41) is 3.34. The van der Waals surface area contributed by atoms with Crippen LogP contribution in [0.5, 0.6) is 0 Å². The minimum atomic E-state index is 0.292. The van der Waals surface area contributed by atoms with Gasteiger partial charge in [-0.05, 0) is 19.1 Å². The summed E-state index contributed by atoms with van der Waals surface area (Å²) in [4.78, 5) is 14.9. The maximum absolute atomic E-state index is 5.42. The van der Waals surface area contributed by atoms with E-state index in [1.165, 1.54) is 12.0 Å². The summed E-state index contributed by atoms with van der Waals surface area (Å²) in [5.41, 5.74) is 2.37. The fourth-order valence-corrected chi connectivity index (χ4v) is 2.29. The van der Waals surface area contributed by atoms with Gasteiger partial charge >= 0.3 is 0 Å². The smallest absolute Gasteiger partial charge is 0.252 e. The van der Waals surface area contributed by atoms with Gasteiger partial charge in [0, 0.05) is 32.2 Å². The summed E-state index contributed by atoms with van der Waals surface area (Å²) in [6, 6.07) is 10.6. The van der Waals surface area contributed by atoms with Gasteiger partial charge in [-0.1, -0.05) is 18.2 Å². The Kier molecular flexibility index (Phi) is 3.91. The Balaban J connectivity index is 1.71. The van der Waals surface area contributed by atoms with Crippen molar-refractivity contribution in [3.63, 3.8) is 0 Å². The number of fused-ring (bicyclic) bond motifs is 1. The summed E-state index contributed by atoms with van der Waals surface area (Å²) in [5.74, 6) is 1.29. The number of benzene rings is 1. The van der Waals surface area contributed by atoms with Crippen molar-refractivity contribution in [2.45, 2.75) is 19.9 Å². The van der Waals surface area contributed by atoms with Crippen molar-refractivity contribution in [1.29, 1.82) is 0 Å². The number of aryl methyl sites for hydroxylation is 1. The molecule has 3 aromatic rings. The van der Waals surface area contributed by atoms with Crippen LogP contribution in [0.1, 0.15) is 12.8 Å². The highest BCUT2D eigenvalue weighted by Gasteiger charge is 2.13. The number of likely N-dealkylation sites (N-methyl/N-ethyl adjacent to an activating group) is 1. The molecule has 0 saturated carbocycles. The van der Waals surface area contributed by atoms with Gasteiger partial charge in [0.2, 0.25) is 0 Å². The highest BCUT2D eigenvalue weighted by atomic mass is 16.4. The van der Waals surface area contributed by atoms with E-state index in [0.717, 1.165) is 6.54 Å². The normalized spacial score (nSPS) is 12.3. The SMILES string of the molecule is Cc1nc2c(NCC(C)N(C)c3ccccc3)ncnc2o1. The molecule has 1 aromatic carbocycles. The van der Waals surface area contributed by atoms with Gasteiger partial charge in [-0.3, -0.25) is 0 Å². The van der Waals surface area contributed by atoms with Gasteiger partial charge in [0.15, 0.2) is 17.2 Å². The molecule has 1 atom stereocenters. The number of nitrogens with zero attached hydrogens (tertiary/aromatic N) is 4. The van der Waals surface area contributed by atoms with Gasteiger partial charge in [-0.15, -0.1) is 0 Å². The third kappa shape index (κ3) is 2.86. The summed E-state index contributed by atoms with van der Waals surface area (Å²) < 4.78 is 5.42. The number of anilines is 2. The number of para-hydroxylation sites is 1. The summed E-state index contributed by atoms with van der Waals surface area (Å²) in [6.45, 7) is 4.70. The number of rotatable bonds is 5. The lowest BCUT2D eigenvalue weighted by molar-refractivity contribution is 0.551. The van der Waals surface area contributed by atoms with E-state index in [1.54, 1.807) is 6.92 Å². The van der Waals surface area contributed by atoms with E-state index in [-0.39, 0.29) is 0 Å². The van der Waals surface area contributed by atoms with Gasteiger partial charge < -0.3 is 14.6 Å². The van der Waals surface area contributed by atoms with E-state index >= 15 is 0 Å². The predicted octanol–water partition coefficient (Wildman–Crippen LogP) is 2.86. The van der Waals surface area contributed by atoms with Crippen molar-refractivity contribution in [3.05, 3.63) is 42.5 Å². The average Bonchev–Trinajstić information content (AvgIpc) is 2.93. The standard InChI is InChI=1S/C16H19N5O/c1-11(21(3)13-7-5-4-6-8-13)9-17-15-14-16(19-10-18-15)22-12(2)20-14/h4-8,10-11H,9H2,1-3H3,(H,17,18,19). The van der Waals surface area contributed by atoms with Gasteiger partial charge in [0.1, 0.15) is 6.33 Å². The van der Waals surface area contributed by atoms with Crippen LogP contribution in [0, 0.1) is 6.92 Å². The molecule has 0 bridgehead atoms. The molecule has 1 N–H and O–H groups in total. The molecular weight excluding hydrogens is 278 g/mol. The first-order chi connectivity index (χ1) is 10.6. The molecule has 0 spiro atoms. The Morgan fingerprint density at radius 1 is 1.23 bits per heavy atom. The second-order valence-corrected chi connectivity index (χ2v) is 5.29. The molecule has 0 aliphatic rings. The first-order valence-electron chi connectivity index (χ1n) is 7.25. The molecule has 114 valence electrons. The maximum atomic E-state index is 5.42. The Morgan fingerprint density at radius 2 is 2.00 bits per heavy atom. The van der Waals surface area contributed by atoms with Crippen LogP contribution in [0.3, 0.4) is 0 Å². The van der Waals surface area contributed by atoms with Crippen molar-refractivity contribution in [3.8, 4) is 0 Å². The van der Waals surface area contributed by atoms with Crippen LogP contribution in [0.4, 0.5) is 11.5 Å². The molecule has 0 aliphatic heterocycles. The monoisotopic (exact) mass is 297 g/mol. The zero-order valence-electron chi connectivity index (χ0n) is 12.9. The Bertz CT molecular complexity index is 756. The van der Waals surface area contributed by atoms with Crippen LogP contribution < -0.4 is 10.2 Å². The second kappa shape index (κ2) is 6.01. The molecular formula is C16H19N5O. The first kappa shape index (κ1) is 14.3. The van der Waals surface area contributed by atoms with Crippen molar-refractivity contribution in [2.75, 3.05) is 23.8 Å². The fourth-order valence-electron chi connectivity index (χ4n) is 2.29. The molecule has 0 saturated heterocycles. The predicted molar refractivity (Wildman–Crippen MR) is 87.1 cm³/mol. The summed E-state index contributed by atoms with van der Waals surface area (Å²) in [7, 11) is 2.08. The van der Waals surface area contributed by atoms with E-state index in [9.17, 15) is 0 Å². The Morgan fingerprint density at radius 3 is 2.77 bits per heavy atom. The van der Waals surface area contributed by atoms with E-state index in [4.69, 9.17) is 4.42 Å². The zero-order chi connectivity index (χ0) is 15.5. The van der Waals surface area contributed by atoms with Crippen LogP contribution in [-0.4, -0.2) is 34.6 Å². The summed E-state index contributed by atoms with van der Waals surface area (Å²) in [6.07, 6.45) is 1.49. The minimum Gasteiger partial charge on any atom is -0.422 e. The largest absolute Gasteiger partial charge is 0.422 e. The average molecular weight is 297 g/mol. The molecule has 2 aromatic heterocycles. The molecule has 0 amide bonds. The molecule has 0 radical (unpaired) electrons. The lowest BCUT2D eigenvalue weighted by Crippen LogP contribution is -2.34. The summed E-state index contributed by atoms with van der Waals surface area (Å²) >= 11 is 0. The van der Waals surface area contributed by atoms with Gasteiger partial charge in [-0.25, -0.2) is 9.97 Å². The van der Waals surface area contributed by atoms with Crippen LogP contribution in [0.25, 0.3) is 11.2 Å². The van der Waals surface area contributed by atoms with Crippen LogP contribution in [0.15, 0.2) is 41.1 Å². The third-order valence-electron chi connectivity index (χ3n) is 3.69. The number of nitrogens with one attached hydrogen (secondary N) is 1. The van der Waals surface area contributed by atoms with Crippen LogP contribution in [-0.2, 0) is 0 Å². The van der Waals surface area contributed by atoms with Crippen LogP contribution >= 0.6 is 0 Å². The highest BCUT2D eigenvalue weighted by molar-refractivity contribution is 5.80. The van der Waals surface area contributed by atoms with E-state index in [2.05, 4.69) is 51.3 Å². The molecule has 22 heavy (non-hydrogen) atoms. The fraction of sp³-hybridized carbons (Fsp3) is 0.312. The van der Waals surface area contributed by atoms with Gasteiger partial charge in [0.25, 0.3) is 5.71 Å². The maximum Gasteiger partial charge on any atom is 0.252 e. The van der Waals surface area contributed by atoms with Crippen molar-refractivity contribution in [2.24, 2.45) is 0 Å². The number of hydrogen-bond donors (Lipinski definition) is 1. The molecule has 1 unspecified atom stereocenters. The number of aromatic nitrogens is 3. The molecule has 6 heteroatoms. The van der Waals surface area contributed by atoms with Crippen molar-refractivity contribution >= 4 is 22.7 Å². The third-order valence-corrected chi connectivity index (χ3v) is 3.69. The van der Waals surface area contributed by atoms with E-state index in [0.29, 0.717) is 29.0 Å². The Hall–Kier alpha value is -2.63. The van der Waals surface area contributed by atoms with Crippen LogP contribution in [0.2, 0.25) is 0 Å². The van der Waals surface area contributed by atoms with E-state index < -0.39 is 0 Å². The van der Waals surface area contributed by atoms with Crippen molar-refractivity contribution in [1.82, 2.24) is 15.0 Å². The number of oxazole rings is 1. The van der Waals surface area contributed by atoms with E-state index in [1.807, 2.05) is 18.2 Å². The second-order valence-electron chi connectivity index (χ2n) is 5.29.